The van der Waals surface area contributed by atoms with E-state index in [-0.39, 0.29) is 22.8 Å². The molecule has 1 aromatic heterocycles. The minimum atomic E-state index is -0.443. The number of urea groups is 1. The van der Waals surface area contributed by atoms with Gasteiger partial charge in [0.05, 0.1) is 0 Å². The molecule has 2 aromatic carbocycles. The van der Waals surface area contributed by atoms with Crippen LogP contribution >= 0.6 is 11.3 Å². The number of rotatable bonds is 4. The highest BCUT2D eigenvalue weighted by Crippen LogP contribution is 2.30. The Morgan fingerprint density at radius 1 is 1.03 bits per heavy atom. The topological polar surface area (TPSA) is 87.2 Å². The molecule has 1 aliphatic heterocycles. The van der Waals surface area contributed by atoms with Gasteiger partial charge in [-0.3, -0.25) is 4.79 Å². The van der Waals surface area contributed by atoms with Crippen LogP contribution in [0, 0.1) is 18.6 Å². The smallest absolute Gasteiger partial charge is 0.321 e. The third-order valence-electron chi connectivity index (χ3n) is 5.27. The molecular weight excluding hydrogens is 436 g/mol. The number of amides is 3. The van der Waals surface area contributed by atoms with E-state index in [1.165, 1.54) is 35.6 Å². The van der Waals surface area contributed by atoms with Crippen LogP contribution < -0.4 is 10.6 Å². The molecule has 2 heterocycles. The number of piperidine rings is 1. The van der Waals surface area contributed by atoms with Gasteiger partial charge < -0.3 is 15.5 Å². The molecule has 0 unspecified atom stereocenters. The van der Waals surface area contributed by atoms with E-state index in [0.29, 0.717) is 42.9 Å². The number of carbonyl (C=O) groups excluding carboxylic acids is 2. The zero-order chi connectivity index (χ0) is 22.7. The molecule has 166 valence electrons. The number of benzene rings is 2. The Balaban J connectivity index is 1.31. The van der Waals surface area contributed by atoms with Gasteiger partial charge in [-0.15, -0.1) is 10.2 Å². The van der Waals surface area contributed by atoms with E-state index in [1.54, 1.807) is 30.0 Å². The minimum absolute atomic E-state index is 0.0871. The summed E-state index contributed by atoms with van der Waals surface area (Å²) in [5.74, 6) is -1.16. The Labute approximate surface area is 187 Å². The van der Waals surface area contributed by atoms with Crippen LogP contribution in [0.5, 0.6) is 0 Å². The number of aromatic nitrogens is 2. The van der Waals surface area contributed by atoms with Crippen LogP contribution in [-0.4, -0.2) is 40.1 Å². The van der Waals surface area contributed by atoms with Crippen molar-refractivity contribution >= 4 is 34.6 Å². The van der Waals surface area contributed by atoms with E-state index in [9.17, 15) is 18.4 Å². The highest BCUT2D eigenvalue weighted by Gasteiger charge is 2.27. The molecule has 32 heavy (non-hydrogen) atoms. The minimum Gasteiger partial charge on any atom is -0.324 e. The van der Waals surface area contributed by atoms with Crippen molar-refractivity contribution in [2.45, 2.75) is 25.7 Å². The van der Waals surface area contributed by atoms with Crippen LogP contribution in [0.3, 0.4) is 0 Å². The summed E-state index contributed by atoms with van der Waals surface area (Å²) in [5.41, 5.74) is 1.28. The average Bonchev–Trinajstić information content (AvgIpc) is 3.27. The standard InChI is InChI=1S/C22H21F2N5O2S/c1-13-5-6-17(12-18(13)24)26-22(31)29-9-7-14(8-10-29)20-27-28-21(32-20)19(30)25-16-4-2-3-15(23)11-16/h2-6,11-12,14H,7-10H2,1H3,(H,25,30)(H,26,31). The van der Waals surface area contributed by atoms with Crippen molar-refractivity contribution in [2.24, 2.45) is 0 Å². The number of anilines is 2. The SMILES string of the molecule is Cc1ccc(NC(=O)N2CCC(c3nnc(C(=O)Nc4cccc(F)c4)s3)CC2)cc1F. The van der Waals surface area contributed by atoms with Crippen molar-refractivity contribution in [1.29, 1.82) is 0 Å². The van der Waals surface area contributed by atoms with Gasteiger partial charge in [0.15, 0.2) is 0 Å². The fraction of sp³-hybridized carbons (Fsp3) is 0.273. The van der Waals surface area contributed by atoms with E-state index in [1.807, 2.05) is 0 Å². The van der Waals surface area contributed by atoms with E-state index in [4.69, 9.17) is 0 Å². The Hall–Kier alpha value is -3.40. The van der Waals surface area contributed by atoms with Crippen molar-refractivity contribution in [3.63, 3.8) is 0 Å². The maximum atomic E-state index is 13.7. The molecule has 0 bridgehead atoms. The zero-order valence-corrected chi connectivity index (χ0v) is 18.1. The first kappa shape index (κ1) is 21.8. The monoisotopic (exact) mass is 457 g/mol. The summed E-state index contributed by atoms with van der Waals surface area (Å²) < 4.78 is 27.0. The summed E-state index contributed by atoms with van der Waals surface area (Å²) in [6, 6.07) is 9.94. The largest absolute Gasteiger partial charge is 0.324 e. The molecule has 0 saturated carbocycles. The Morgan fingerprint density at radius 2 is 1.78 bits per heavy atom. The van der Waals surface area contributed by atoms with Crippen LogP contribution in [0.25, 0.3) is 0 Å². The summed E-state index contributed by atoms with van der Waals surface area (Å²) >= 11 is 1.20. The maximum absolute atomic E-state index is 13.7. The highest BCUT2D eigenvalue weighted by atomic mass is 32.1. The number of halogens is 2. The van der Waals surface area contributed by atoms with Gasteiger partial charge in [-0.1, -0.05) is 23.5 Å². The number of nitrogens with one attached hydrogen (secondary N) is 2. The van der Waals surface area contributed by atoms with E-state index in [0.717, 1.165) is 5.01 Å². The molecule has 7 nitrogen and oxygen atoms in total. The molecule has 1 fully saturated rings. The Bertz CT molecular complexity index is 1140. The summed E-state index contributed by atoms with van der Waals surface area (Å²) in [7, 11) is 0. The summed E-state index contributed by atoms with van der Waals surface area (Å²) in [6.07, 6.45) is 1.35. The molecule has 3 aromatic rings. The number of hydrogen-bond acceptors (Lipinski definition) is 5. The second-order valence-electron chi connectivity index (χ2n) is 7.57. The van der Waals surface area contributed by atoms with E-state index >= 15 is 0 Å². The van der Waals surface area contributed by atoms with Gasteiger partial charge in [0, 0.05) is 30.4 Å². The van der Waals surface area contributed by atoms with Crippen LogP contribution in [0.15, 0.2) is 42.5 Å². The zero-order valence-electron chi connectivity index (χ0n) is 17.3. The number of aryl methyl sites for hydroxylation is 1. The first-order valence-corrected chi connectivity index (χ1v) is 10.9. The molecular formula is C22H21F2N5O2S. The van der Waals surface area contributed by atoms with Crippen molar-refractivity contribution < 1.29 is 18.4 Å². The van der Waals surface area contributed by atoms with Crippen LogP contribution in [0.2, 0.25) is 0 Å². The quantitative estimate of drug-likeness (QED) is 0.590. The summed E-state index contributed by atoms with van der Waals surface area (Å²) in [5, 5.41) is 14.4. The molecule has 1 aliphatic rings. The summed E-state index contributed by atoms with van der Waals surface area (Å²) in [6.45, 7) is 2.68. The molecule has 0 aliphatic carbocycles. The molecule has 0 spiro atoms. The average molecular weight is 458 g/mol. The Kier molecular flexibility index (Phi) is 6.40. The maximum Gasteiger partial charge on any atom is 0.321 e. The van der Waals surface area contributed by atoms with Gasteiger partial charge in [0.2, 0.25) is 5.01 Å². The van der Waals surface area contributed by atoms with Crippen molar-refractivity contribution in [1.82, 2.24) is 15.1 Å². The van der Waals surface area contributed by atoms with Crippen LogP contribution in [-0.2, 0) is 0 Å². The molecule has 10 heteroatoms. The van der Waals surface area contributed by atoms with Gasteiger partial charge >= 0.3 is 6.03 Å². The summed E-state index contributed by atoms with van der Waals surface area (Å²) in [4.78, 5) is 26.5. The van der Waals surface area contributed by atoms with Crippen molar-refractivity contribution in [2.75, 3.05) is 23.7 Å². The second-order valence-corrected chi connectivity index (χ2v) is 8.57. The lowest BCUT2D eigenvalue weighted by atomic mass is 9.98. The van der Waals surface area contributed by atoms with E-state index in [2.05, 4.69) is 20.8 Å². The number of carbonyl (C=O) groups is 2. The van der Waals surface area contributed by atoms with E-state index < -0.39 is 11.7 Å². The van der Waals surface area contributed by atoms with Gasteiger partial charge in [0.1, 0.15) is 16.6 Å². The lowest BCUT2D eigenvalue weighted by Crippen LogP contribution is -2.40. The van der Waals surface area contributed by atoms with Gasteiger partial charge in [-0.25, -0.2) is 13.6 Å². The normalized spacial score (nSPS) is 14.3. The molecule has 3 amide bonds. The lowest BCUT2D eigenvalue weighted by molar-refractivity contribution is 0.102. The number of hydrogen-bond donors (Lipinski definition) is 2. The first-order valence-electron chi connectivity index (χ1n) is 10.1. The van der Waals surface area contributed by atoms with Gasteiger partial charge in [0.25, 0.3) is 5.91 Å². The molecule has 4 rings (SSSR count). The fourth-order valence-electron chi connectivity index (χ4n) is 3.44. The molecule has 0 radical (unpaired) electrons. The third kappa shape index (κ3) is 5.08. The van der Waals surface area contributed by atoms with Gasteiger partial charge in [-0.05, 0) is 55.7 Å². The number of likely N-dealkylation sites (tertiary alicyclic amines) is 1. The predicted octanol–water partition coefficient (Wildman–Crippen LogP) is 4.79. The molecule has 0 atom stereocenters. The Morgan fingerprint density at radius 3 is 2.50 bits per heavy atom. The fourth-order valence-corrected chi connectivity index (χ4v) is 4.35. The lowest BCUT2D eigenvalue weighted by Gasteiger charge is -2.31. The second kappa shape index (κ2) is 9.39. The van der Waals surface area contributed by atoms with Crippen molar-refractivity contribution in [3.05, 3.63) is 69.7 Å². The first-order chi connectivity index (χ1) is 15.4. The van der Waals surface area contributed by atoms with Crippen LogP contribution in [0.1, 0.15) is 39.1 Å². The number of nitrogens with zero attached hydrogens (tertiary/aromatic N) is 3. The van der Waals surface area contributed by atoms with Crippen molar-refractivity contribution in [3.8, 4) is 0 Å². The van der Waals surface area contributed by atoms with Crippen LogP contribution in [0.4, 0.5) is 25.0 Å². The van der Waals surface area contributed by atoms with Gasteiger partial charge in [-0.2, -0.15) is 0 Å². The predicted molar refractivity (Wildman–Crippen MR) is 118 cm³/mol. The highest BCUT2D eigenvalue weighted by molar-refractivity contribution is 7.13. The third-order valence-corrected chi connectivity index (χ3v) is 6.36. The molecule has 2 N–H and O–H groups in total. The molecule has 1 saturated heterocycles.